The number of hydrogen-bond acceptors (Lipinski definition) is 2. The molecule has 0 heterocycles. The zero-order valence-electron chi connectivity index (χ0n) is 9.93. The first kappa shape index (κ1) is 14.3. The van der Waals surface area contributed by atoms with Crippen LogP contribution in [0.4, 0.5) is 17.6 Å². The fourth-order valence-electron chi connectivity index (χ4n) is 2.34. The summed E-state index contributed by atoms with van der Waals surface area (Å²) in [6.07, 6.45) is 2.57. The lowest BCUT2D eigenvalue weighted by Crippen LogP contribution is -2.26. The van der Waals surface area contributed by atoms with E-state index in [0.717, 1.165) is 6.42 Å². The van der Waals surface area contributed by atoms with Crippen molar-refractivity contribution in [2.75, 3.05) is 0 Å². The summed E-state index contributed by atoms with van der Waals surface area (Å²) in [5, 5.41) is -0.980. The van der Waals surface area contributed by atoms with Gasteiger partial charge >= 0.3 is 0 Å². The molecule has 0 spiro atoms. The summed E-state index contributed by atoms with van der Waals surface area (Å²) in [5.74, 6) is -7.09. The van der Waals surface area contributed by atoms with E-state index in [0.29, 0.717) is 12.8 Å². The van der Waals surface area contributed by atoms with Crippen LogP contribution in [-0.2, 0) is 9.84 Å². The lowest BCUT2D eigenvalue weighted by atomic mass is 10.0. The van der Waals surface area contributed by atoms with E-state index in [2.05, 4.69) is 0 Å². The van der Waals surface area contributed by atoms with Gasteiger partial charge in [-0.25, -0.2) is 26.0 Å². The van der Waals surface area contributed by atoms with E-state index < -0.39 is 43.3 Å². The van der Waals surface area contributed by atoms with Crippen molar-refractivity contribution in [3.63, 3.8) is 0 Å². The minimum Gasteiger partial charge on any atom is -0.223 e. The minimum atomic E-state index is -4.40. The average Bonchev–Trinajstić information content (AvgIpc) is 2.37. The molecule has 0 aromatic heterocycles. The predicted octanol–water partition coefficient (Wildman–Crippen LogP) is 3.35. The van der Waals surface area contributed by atoms with Gasteiger partial charge in [0, 0.05) is 6.07 Å². The molecule has 0 bridgehead atoms. The van der Waals surface area contributed by atoms with Gasteiger partial charge in [0.25, 0.3) is 0 Å². The summed E-state index contributed by atoms with van der Waals surface area (Å²) < 4.78 is 77.4. The summed E-state index contributed by atoms with van der Waals surface area (Å²) in [5.41, 5.74) is 0. The third kappa shape index (κ3) is 2.48. The van der Waals surface area contributed by atoms with Crippen LogP contribution in [0.3, 0.4) is 0 Å². The zero-order chi connectivity index (χ0) is 14.2. The van der Waals surface area contributed by atoms with Crippen molar-refractivity contribution < 1.29 is 26.0 Å². The van der Waals surface area contributed by atoms with Crippen LogP contribution in [0.5, 0.6) is 0 Å². The molecular formula is C12H12F4O2S. The van der Waals surface area contributed by atoms with Crippen LogP contribution >= 0.6 is 0 Å². The molecule has 1 aliphatic rings. The van der Waals surface area contributed by atoms with Crippen molar-refractivity contribution in [1.29, 1.82) is 0 Å². The van der Waals surface area contributed by atoms with Gasteiger partial charge in [-0.05, 0) is 12.8 Å². The highest BCUT2D eigenvalue weighted by atomic mass is 32.2. The van der Waals surface area contributed by atoms with E-state index in [1.807, 2.05) is 0 Å². The molecule has 0 N–H and O–H groups in total. The standard InChI is InChI=1S/C12H12F4O2S/c13-8-6-9(14)11(16)12(10(8)15)19(17,18)7-4-2-1-3-5-7/h6-7H,1-5H2. The van der Waals surface area contributed by atoms with Gasteiger partial charge in [0.15, 0.2) is 33.1 Å². The highest BCUT2D eigenvalue weighted by molar-refractivity contribution is 7.92. The van der Waals surface area contributed by atoms with Crippen molar-refractivity contribution in [2.45, 2.75) is 42.2 Å². The van der Waals surface area contributed by atoms with Gasteiger partial charge in [-0.3, -0.25) is 0 Å². The van der Waals surface area contributed by atoms with Crippen molar-refractivity contribution in [3.8, 4) is 0 Å². The van der Waals surface area contributed by atoms with Crippen molar-refractivity contribution in [3.05, 3.63) is 29.3 Å². The fourth-order valence-corrected chi connectivity index (χ4v) is 4.33. The van der Waals surface area contributed by atoms with E-state index in [-0.39, 0.29) is 18.9 Å². The van der Waals surface area contributed by atoms with Crippen LogP contribution in [0, 0.1) is 23.3 Å². The molecule has 0 saturated heterocycles. The average molecular weight is 296 g/mol. The summed E-state index contributed by atoms with van der Waals surface area (Å²) in [7, 11) is -4.40. The largest absolute Gasteiger partial charge is 0.223 e. The molecule has 0 aliphatic heterocycles. The number of hydrogen-bond donors (Lipinski definition) is 0. The third-order valence-electron chi connectivity index (χ3n) is 3.35. The molecule has 1 aliphatic carbocycles. The van der Waals surface area contributed by atoms with Crippen LogP contribution in [0.1, 0.15) is 32.1 Å². The topological polar surface area (TPSA) is 34.1 Å². The summed E-state index contributed by atoms with van der Waals surface area (Å²) in [4.78, 5) is -1.48. The number of sulfone groups is 1. The molecule has 0 unspecified atom stereocenters. The maximum absolute atomic E-state index is 13.5. The van der Waals surface area contributed by atoms with E-state index >= 15 is 0 Å². The Morgan fingerprint density at radius 2 is 1.37 bits per heavy atom. The Morgan fingerprint density at radius 3 is 1.84 bits per heavy atom. The zero-order valence-corrected chi connectivity index (χ0v) is 10.7. The summed E-state index contributed by atoms with van der Waals surface area (Å²) in [6, 6.07) is 0.00452. The molecule has 19 heavy (non-hydrogen) atoms. The van der Waals surface area contributed by atoms with Gasteiger partial charge in [-0.1, -0.05) is 19.3 Å². The van der Waals surface area contributed by atoms with Gasteiger partial charge in [0.1, 0.15) is 4.90 Å². The second-order valence-corrected chi connectivity index (χ2v) is 6.77. The molecule has 1 saturated carbocycles. The number of rotatable bonds is 2. The molecular weight excluding hydrogens is 284 g/mol. The molecule has 0 amide bonds. The lowest BCUT2D eigenvalue weighted by molar-refractivity contribution is 0.414. The van der Waals surface area contributed by atoms with Crippen LogP contribution in [0.15, 0.2) is 11.0 Å². The van der Waals surface area contributed by atoms with Gasteiger partial charge in [-0.15, -0.1) is 0 Å². The molecule has 0 radical (unpaired) electrons. The van der Waals surface area contributed by atoms with Crippen LogP contribution in [0.2, 0.25) is 0 Å². The first-order chi connectivity index (χ1) is 8.85. The van der Waals surface area contributed by atoms with Crippen LogP contribution < -0.4 is 0 Å². The Bertz CT molecular complexity index is 566. The number of halogens is 4. The highest BCUT2D eigenvalue weighted by Gasteiger charge is 2.36. The summed E-state index contributed by atoms with van der Waals surface area (Å²) >= 11 is 0. The predicted molar refractivity (Wildman–Crippen MR) is 60.3 cm³/mol. The fraction of sp³-hybridized carbons (Fsp3) is 0.500. The van der Waals surface area contributed by atoms with Crippen LogP contribution in [0.25, 0.3) is 0 Å². The Labute approximate surface area is 108 Å². The van der Waals surface area contributed by atoms with Gasteiger partial charge < -0.3 is 0 Å². The quantitative estimate of drug-likeness (QED) is 0.619. The molecule has 106 valence electrons. The molecule has 7 heteroatoms. The van der Waals surface area contributed by atoms with Gasteiger partial charge in [0.05, 0.1) is 5.25 Å². The highest BCUT2D eigenvalue weighted by Crippen LogP contribution is 2.32. The second-order valence-electron chi connectivity index (χ2n) is 4.60. The summed E-state index contributed by atoms with van der Waals surface area (Å²) in [6.45, 7) is 0. The Morgan fingerprint density at radius 1 is 0.895 bits per heavy atom. The van der Waals surface area contributed by atoms with Crippen molar-refractivity contribution >= 4 is 9.84 Å². The van der Waals surface area contributed by atoms with E-state index in [1.54, 1.807) is 0 Å². The van der Waals surface area contributed by atoms with Crippen molar-refractivity contribution in [2.24, 2.45) is 0 Å². The molecule has 1 aromatic rings. The maximum atomic E-state index is 13.5. The molecule has 2 nitrogen and oxygen atoms in total. The molecule has 1 fully saturated rings. The molecule has 2 rings (SSSR count). The lowest BCUT2D eigenvalue weighted by Gasteiger charge is -2.22. The smallest absolute Gasteiger partial charge is 0.187 e. The van der Waals surface area contributed by atoms with Crippen LogP contribution in [-0.4, -0.2) is 13.7 Å². The van der Waals surface area contributed by atoms with Crippen molar-refractivity contribution in [1.82, 2.24) is 0 Å². The van der Waals surface area contributed by atoms with E-state index in [9.17, 15) is 26.0 Å². The second kappa shape index (κ2) is 5.11. The minimum absolute atomic E-state index is 0.00452. The SMILES string of the molecule is O=S(=O)(c1c(F)c(F)cc(F)c1F)C1CCCCC1. The number of benzene rings is 1. The molecule has 0 atom stereocenters. The van der Waals surface area contributed by atoms with Gasteiger partial charge in [-0.2, -0.15) is 0 Å². The Kier molecular flexibility index (Phi) is 3.85. The maximum Gasteiger partial charge on any atom is 0.187 e. The Balaban J connectivity index is 2.57. The first-order valence-corrected chi connectivity index (χ1v) is 7.47. The Hall–Kier alpha value is -1.11. The van der Waals surface area contributed by atoms with E-state index in [4.69, 9.17) is 0 Å². The third-order valence-corrected chi connectivity index (χ3v) is 5.62. The molecule has 1 aromatic carbocycles. The monoisotopic (exact) mass is 296 g/mol. The normalized spacial score (nSPS) is 17.7. The first-order valence-electron chi connectivity index (χ1n) is 5.92. The van der Waals surface area contributed by atoms with E-state index in [1.165, 1.54) is 0 Å². The van der Waals surface area contributed by atoms with Gasteiger partial charge in [0.2, 0.25) is 0 Å².